The topological polar surface area (TPSA) is 90.9 Å². The van der Waals surface area contributed by atoms with Gasteiger partial charge in [-0.3, -0.25) is 14.4 Å². The van der Waals surface area contributed by atoms with Crippen LogP contribution < -0.4 is 5.32 Å². The summed E-state index contributed by atoms with van der Waals surface area (Å²) in [7, 11) is 0. The van der Waals surface area contributed by atoms with E-state index >= 15 is 0 Å². The van der Waals surface area contributed by atoms with Crippen molar-refractivity contribution in [1.82, 2.24) is 5.32 Å². The van der Waals surface area contributed by atoms with E-state index in [4.69, 9.17) is 14.2 Å². The summed E-state index contributed by atoms with van der Waals surface area (Å²) in [6, 6.07) is -0.863. The van der Waals surface area contributed by atoms with Crippen molar-refractivity contribution in [2.24, 2.45) is 0 Å². The van der Waals surface area contributed by atoms with Gasteiger partial charge in [0.2, 0.25) is 18.4 Å². The lowest BCUT2D eigenvalue weighted by Gasteiger charge is -2.41. The third-order valence-corrected chi connectivity index (χ3v) is 2.74. The Hall–Kier alpha value is -1.70. The first-order valence-corrected chi connectivity index (χ1v) is 6.13. The highest BCUT2D eigenvalue weighted by Crippen LogP contribution is 2.27. The van der Waals surface area contributed by atoms with Crippen molar-refractivity contribution in [1.29, 1.82) is 0 Å². The van der Waals surface area contributed by atoms with Gasteiger partial charge in [-0.1, -0.05) is 0 Å². The summed E-state index contributed by atoms with van der Waals surface area (Å²) in [5.74, 6) is -1.84. The number of amides is 1. The van der Waals surface area contributed by atoms with Crippen molar-refractivity contribution in [3.05, 3.63) is 0 Å². The Kier molecular flexibility index (Phi) is 5.43. The SMILES string of the molecule is CC(=O)N[C@@H]1[C@@H](OC(C)=O)[C@H](F)[C@H](OC(C)=O)O[C@@H]1C. The van der Waals surface area contributed by atoms with Crippen LogP contribution in [0.4, 0.5) is 4.39 Å². The maximum atomic E-state index is 14.3. The van der Waals surface area contributed by atoms with Crippen molar-refractivity contribution in [3.8, 4) is 0 Å². The molecule has 20 heavy (non-hydrogen) atoms. The van der Waals surface area contributed by atoms with E-state index in [1.807, 2.05) is 0 Å². The number of carbonyl (C=O) groups is 3. The molecule has 1 rings (SSSR count). The largest absolute Gasteiger partial charge is 0.457 e. The second-order valence-electron chi connectivity index (χ2n) is 4.56. The molecule has 0 aromatic heterocycles. The molecule has 7 nitrogen and oxygen atoms in total. The molecule has 1 aliphatic heterocycles. The molecule has 114 valence electrons. The quantitative estimate of drug-likeness (QED) is 0.740. The Bertz CT molecular complexity index is 401. The second kappa shape index (κ2) is 6.65. The van der Waals surface area contributed by atoms with E-state index in [0.29, 0.717) is 0 Å². The third-order valence-electron chi connectivity index (χ3n) is 2.74. The van der Waals surface area contributed by atoms with Crippen LogP contribution in [0.1, 0.15) is 27.7 Å². The average molecular weight is 291 g/mol. The molecule has 0 unspecified atom stereocenters. The number of halogens is 1. The zero-order valence-corrected chi connectivity index (χ0v) is 11.7. The van der Waals surface area contributed by atoms with Gasteiger partial charge in [-0.15, -0.1) is 0 Å². The van der Waals surface area contributed by atoms with Crippen molar-refractivity contribution >= 4 is 17.8 Å². The summed E-state index contributed by atoms with van der Waals surface area (Å²) in [5, 5.41) is 2.47. The Morgan fingerprint density at radius 2 is 1.65 bits per heavy atom. The van der Waals surface area contributed by atoms with Crippen LogP contribution in [0.3, 0.4) is 0 Å². The van der Waals surface area contributed by atoms with Crippen molar-refractivity contribution < 1.29 is 33.0 Å². The zero-order valence-electron chi connectivity index (χ0n) is 11.7. The Labute approximate surface area is 115 Å². The average Bonchev–Trinajstić information content (AvgIpc) is 2.28. The summed E-state index contributed by atoms with van der Waals surface area (Å²) < 4.78 is 29.1. The molecule has 0 aromatic rings. The fourth-order valence-electron chi connectivity index (χ4n) is 2.01. The molecule has 1 saturated heterocycles. The maximum Gasteiger partial charge on any atom is 0.305 e. The first-order chi connectivity index (χ1) is 9.22. The van der Waals surface area contributed by atoms with Gasteiger partial charge in [-0.05, 0) is 6.92 Å². The smallest absolute Gasteiger partial charge is 0.305 e. The van der Waals surface area contributed by atoms with Gasteiger partial charge in [0.15, 0.2) is 6.10 Å². The van der Waals surface area contributed by atoms with Crippen LogP contribution in [0.5, 0.6) is 0 Å². The molecule has 1 heterocycles. The van der Waals surface area contributed by atoms with Crippen LogP contribution in [0.25, 0.3) is 0 Å². The lowest BCUT2D eigenvalue weighted by atomic mass is 9.97. The van der Waals surface area contributed by atoms with E-state index in [2.05, 4.69) is 5.32 Å². The molecule has 0 bridgehead atoms. The van der Waals surface area contributed by atoms with Crippen molar-refractivity contribution in [3.63, 3.8) is 0 Å². The molecule has 1 N–H and O–H groups in total. The lowest BCUT2D eigenvalue weighted by Crippen LogP contribution is -2.63. The van der Waals surface area contributed by atoms with Gasteiger partial charge >= 0.3 is 11.9 Å². The molecule has 5 atom stereocenters. The summed E-state index contributed by atoms with van der Waals surface area (Å²) in [6.07, 6.45) is -5.35. The van der Waals surface area contributed by atoms with Crippen LogP contribution >= 0.6 is 0 Å². The first-order valence-electron chi connectivity index (χ1n) is 6.13. The highest BCUT2D eigenvalue weighted by atomic mass is 19.1. The van der Waals surface area contributed by atoms with Gasteiger partial charge in [0.1, 0.15) is 0 Å². The first kappa shape index (κ1) is 16.4. The van der Waals surface area contributed by atoms with E-state index < -0.39 is 48.6 Å². The lowest BCUT2D eigenvalue weighted by molar-refractivity contribution is -0.251. The summed E-state index contributed by atoms with van der Waals surface area (Å²) in [6.45, 7) is 5.04. The van der Waals surface area contributed by atoms with Gasteiger partial charge in [0, 0.05) is 20.8 Å². The van der Waals surface area contributed by atoms with E-state index in [0.717, 1.165) is 13.8 Å². The fourth-order valence-corrected chi connectivity index (χ4v) is 2.01. The fraction of sp³-hybridized carbons (Fsp3) is 0.750. The normalized spacial score (nSPS) is 33.1. The predicted octanol–water partition coefficient (Wildman–Crippen LogP) is 0.0688. The highest BCUT2D eigenvalue weighted by molar-refractivity contribution is 5.73. The third kappa shape index (κ3) is 4.16. The summed E-state index contributed by atoms with van der Waals surface area (Å²) >= 11 is 0. The second-order valence-corrected chi connectivity index (χ2v) is 4.56. The predicted molar refractivity (Wildman–Crippen MR) is 64.2 cm³/mol. The summed E-state index contributed by atoms with van der Waals surface area (Å²) in [5.41, 5.74) is 0. The zero-order chi connectivity index (χ0) is 15.4. The monoisotopic (exact) mass is 291 g/mol. The number of rotatable bonds is 3. The van der Waals surface area contributed by atoms with Crippen LogP contribution in [0.2, 0.25) is 0 Å². The molecular weight excluding hydrogens is 273 g/mol. The minimum absolute atomic E-state index is 0.416. The Morgan fingerprint density at radius 1 is 1.10 bits per heavy atom. The molecule has 0 spiro atoms. The van der Waals surface area contributed by atoms with Gasteiger partial charge in [-0.2, -0.15) is 0 Å². The molecule has 0 aliphatic carbocycles. The number of nitrogens with one attached hydrogen (secondary N) is 1. The molecule has 8 heteroatoms. The van der Waals surface area contributed by atoms with Crippen molar-refractivity contribution in [2.75, 3.05) is 0 Å². The van der Waals surface area contributed by atoms with Crippen LogP contribution in [0, 0.1) is 0 Å². The van der Waals surface area contributed by atoms with Crippen molar-refractivity contribution in [2.45, 2.75) is 58.4 Å². The standard InChI is InChI=1S/C12H18FNO6/c1-5-10(14-6(2)15)11(19-7(3)16)9(13)12(18-5)20-8(4)17/h5,9-12H,1-4H3,(H,14,15)/t5-,9+,10+,11+,12+/m1/s1. The molecular formula is C12H18FNO6. The molecule has 1 aliphatic rings. The van der Waals surface area contributed by atoms with Gasteiger partial charge < -0.3 is 19.5 Å². The van der Waals surface area contributed by atoms with Gasteiger partial charge in [0.25, 0.3) is 0 Å². The molecule has 0 radical (unpaired) electrons. The minimum atomic E-state index is -1.89. The number of hydrogen-bond acceptors (Lipinski definition) is 6. The van der Waals surface area contributed by atoms with Crippen LogP contribution in [-0.2, 0) is 28.6 Å². The number of ether oxygens (including phenoxy) is 3. The molecule has 0 saturated carbocycles. The van der Waals surface area contributed by atoms with E-state index in [1.54, 1.807) is 6.92 Å². The Balaban J connectivity index is 2.93. The summed E-state index contributed by atoms with van der Waals surface area (Å²) in [4.78, 5) is 33.1. The number of hydrogen-bond donors (Lipinski definition) is 1. The van der Waals surface area contributed by atoms with Crippen LogP contribution in [-0.4, -0.2) is 48.6 Å². The maximum absolute atomic E-state index is 14.3. The van der Waals surface area contributed by atoms with Gasteiger partial charge in [0.05, 0.1) is 12.1 Å². The molecule has 0 aromatic carbocycles. The van der Waals surface area contributed by atoms with E-state index in [9.17, 15) is 18.8 Å². The number of alkyl halides is 1. The number of esters is 2. The van der Waals surface area contributed by atoms with Gasteiger partial charge in [-0.25, -0.2) is 4.39 Å². The Morgan fingerprint density at radius 3 is 2.10 bits per heavy atom. The van der Waals surface area contributed by atoms with E-state index in [1.165, 1.54) is 6.92 Å². The molecule has 1 fully saturated rings. The minimum Gasteiger partial charge on any atom is -0.457 e. The highest BCUT2D eigenvalue weighted by Gasteiger charge is 2.48. The van der Waals surface area contributed by atoms with Crippen LogP contribution in [0.15, 0.2) is 0 Å². The number of carbonyl (C=O) groups excluding carboxylic acids is 3. The molecule has 1 amide bonds. The van der Waals surface area contributed by atoms with E-state index in [-0.39, 0.29) is 0 Å².